The molecule has 0 spiro atoms. The van der Waals surface area contributed by atoms with Crippen LogP contribution in [0.1, 0.15) is 88.0 Å². The Balaban J connectivity index is 2.15. The molecule has 286 valence electrons. The van der Waals surface area contributed by atoms with Crippen molar-refractivity contribution in [2.45, 2.75) is 173 Å². The molecule has 0 aromatic heterocycles. The maximum atomic E-state index is 13.9. The van der Waals surface area contributed by atoms with Crippen LogP contribution in [0.15, 0.2) is 0 Å². The van der Waals surface area contributed by atoms with Gasteiger partial charge in [-0.15, -0.1) is 0 Å². The van der Waals surface area contributed by atoms with Crippen molar-refractivity contribution in [3.8, 4) is 0 Å². The molecule has 2 unspecified atom stereocenters. The van der Waals surface area contributed by atoms with Gasteiger partial charge in [0.2, 0.25) is 0 Å². The summed E-state index contributed by atoms with van der Waals surface area (Å²) in [7, 11) is 3.67. The number of hydrogen-bond acceptors (Lipinski definition) is 14. The van der Waals surface area contributed by atoms with Gasteiger partial charge in [-0.1, -0.05) is 27.7 Å². The molecule has 3 aliphatic rings. The Morgan fingerprint density at radius 3 is 2.04 bits per heavy atom. The van der Waals surface area contributed by atoms with Gasteiger partial charge in [-0.05, 0) is 68.0 Å². The normalized spacial score (nSPS) is 49.8. The minimum Gasteiger partial charge on any atom is -0.459 e. The van der Waals surface area contributed by atoms with E-state index in [9.17, 15) is 40.2 Å². The quantitative estimate of drug-likeness (QED) is 0.211. The summed E-state index contributed by atoms with van der Waals surface area (Å²) in [6, 6.07) is -0.333. The lowest BCUT2D eigenvalue weighted by Crippen LogP contribution is -2.60. The van der Waals surface area contributed by atoms with E-state index in [1.807, 2.05) is 25.9 Å². The van der Waals surface area contributed by atoms with Gasteiger partial charge in [0.25, 0.3) is 0 Å². The molecule has 14 heteroatoms. The molecule has 3 aliphatic heterocycles. The zero-order valence-electron chi connectivity index (χ0n) is 31.1. The van der Waals surface area contributed by atoms with E-state index in [-0.39, 0.29) is 31.4 Å². The largest absolute Gasteiger partial charge is 0.459 e. The van der Waals surface area contributed by atoms with Crippen molar-refractivity contribution in [2.24, 2.45) is 23.7 Å². The molecule has 3 heterocycles. The average Bonchev–Trinajstić information content (AvgIpc) is 3.02. The number of hydrogen-bond donors (Lipinski definition) is 6. The van der Waals surface area contributed by atoms with E-state index in [0.29, 0.717) is 6.42 Å². The lowest BCUT2D eigenvalue weighted by molar-refractivity contribution is -0.311. The highest BCUT2D eigenvalue weighted by molar-refractivity contribution is 5.83. The summed E-state index contributed by atoms with van der Waals surface area (Å²) in [4.78, 5) is 29.5. The van der Waals surface area contributed by atoms with Crippen LogP contribution < -0.4 is 0 Å². The van der Waals surface area contributed by atoms with Crippen molar-refractivity contribution in [1.29, 1.82) is 0 Å². The van der Waals surface area contributed by atoms with Gasteiger partial charge >= 0.3 is 5.97 Å². The van der Waals surface area contributed by atoms with Crippen LogP contribution in [0.5, 0.6) is 0 Å². The number of esters is 1. The molecule has 0 amide bonds. The fourth-order valence-electron chi connectivity index (χ4n) is 7.93. The number of cyclic esters (lactones) is 1. The smallest absolute Gasteiger partial charge is 0.311 e. The van der Waals surface area contributed by atoms with Crippen LogP contribution in [0.4, 0.5) is 0 Å². The molecular weight excluding hydrogens is 642 g/mol. The molecule has 0 saturated carbocycles. The van der Waals surface area contributed by atoms with E-state index in [4.69, 9.17) is 23.7 Å². The Kier molecular flexibility index (Phi) is 14.2. The van der Waals surface area contributed by atoms with Crippen LogP contribution >= 0.6 is 0 Å². The first kappa shape index (κ1) is 42.1. The Bertz CT molecular complexity index is 1090. The Hall–Kier alpha value is -1.30. The number of aliphatic hydroxyl groups excluding tert-OH is 4. The SMILES string of the molecule is CCC1OC(=O)[C@H](C)C(O[C@H]2C[C@@H](O)[C@@H](O)[C@H](C)O2)[C@H](C)[C@@H](O[C@@H]2O[C@H](C)C[C@H](N(C)C)[C@H]2O)[C@](C)(O)C[C@@H](C)C(=O)[C@H](C)[C@@H](O)[C@]1(C)O. The number of nitrogens with zero attached hydrogens (tertiary/aromatic N) is 1. The summed E-state index contributed by atoms with van der Waals surface area (Å²) in [5.41, 5.74) is -3.81. The van der Waals surface area contributed by atoms with Gasteiger partial charge in [-0.25, -0.2) is 0 Å². The predicted molar refractivity (Wildman–Crippen MR) is 177 cm³/mol. The number of carbonyl (C=O) groups is 2. The topological polar surface area (TPSA) is 205 Å². The Labute approximate surface area is 291 Å². The van der Waals surface area contributed by atoms with Crippen LogP contribution in [-0.2, 0) is 33.3 Å². The van der Waals surface area contributed by atoms with Crippen molar-refractivity contribution >= 4 is 11.8 Å². The molecular formula is C35H63NO13. The zero-order chi connectivity index (χ0) is 37.3. The summed E-state index contributed by atoms with van der Waals surface area (Å²) in [5.74, 6) is -5.10. The maximum absolute atomic E-state index is 13.9. The molecule has 0 aromatic rings. The number of Topliss-reactive ketones (excluding diaryl/α,β-unsaturated/α-hetero) is 1. The molecule has 0 radical (unpaired) electrons. The highest BCUT2D eigenvalue weighted by atomic mass is 16.7. The van der Waals surface area contributed by atoms with Crippen molar-refractivity contribution in [3.63, 3.8) is 0 Å². The fourth-order valence-corrected chi connectivity index (χ4v) is 7.93. The lowest BCUT2D eigenvalue weighted by Gasteiger charge is -2.48. The van der Waals surface area contributed by atoms with Crippen molar-refractivity contribution in [1.82, 2.24) is 4.90 Å². The second-order valence-electron chi connectivity index (χ2n) is 15.6. The van der Waals surface area contributed by atoms with Gasteiger partial charge in [-0.3, -0.25) is 9.59 Å². The summed E-state index contributed by atoms with van der Waals surface area (Å²) < 4.78 is 30.8. The van der Waals surface area contributed by atoms with E-state index >= 15 is 0 Å². The van der Waals surface area contributed by atoms with Crippen LogP contribution in [-0.4, -0.2) is 146 Å². The molecule has 49 heavy (non-hydrogen) atoms. The van der Waals surface area contributed by atoms with Crippen molar-refractivity contribution in [3.05, 3.63) is 0 Å². The standard InChI is InChI=1S/C35H63NO13/c1-12-24-35(9,44)30(41)18(4)26(38)16(2)15-34(8,43)31(49-33-28(40)22(36(10)11)13-17(3)45-33)19(5)29(20(6)32(42)47-24)48-25-14-23(37)27(39)21(7)46-25/h16-25,27-31,33,37,39-41,43-44H,12-15H2,1-11H3/t16-,17-,18+,19+,20-,21+,22+,23-,24?,25+,27+,28-,29?,30-,31-,33+,34-,35-/m1/s1. The lowest BCUT2D eigenvalue weighted by atomic mass is 9.74. The number of carbonyl (C=O) groups excluding carboxylic acids is 2. The Morgan fingerprint density at radius 2 is 1.49 bits per heavy atom. The molecule has 14 nitrogen and oxygen atoms in total. The molecule has 0 bridgehead atoms. The average molecular weight is 706 g/mol. The first-order valence-electron chi connectivity index (χ1n) is 17.7. The number of ether oxygens (including phenoxy) is 5. The van der Waals surface area contributed by atoms with E-state index in [0.717, 1.165) is 0 Å². The van der Waals surface area contributed by atoms with Crippen molar-refractivity contribution < 1.29 is 63.9 Å². The van der Waals surface area contributed by atoms with Gasteiger partial charge in [0.05, 0.1) is 48.1 Å². The first-order valence-corrected chi connectivity index (χ1v) is 17.7. The van der Waals surface area contributed by atoms with E-state index in [2.05, 4.69) is 0 Å². The van der Waals surface area contributed by atoms with Crippen molar-refractivity contribution in [2.75, 3.05) is 14.1 Å². The van der Waals surface area contributed by atoms with Gasteiger partial charge in [-0.2, -0.15) is 0 Å². The molecule has 6 N–H and O–H groups in total. The van der Waals surface area contributed by atoms with Gasteiger partial charge in [0.15, 0.2) is 12.6 Å². The second-order valence-corrected chi connectivity index (χ2v) is 15.6. The third-order valence-corrected chi connectivity index (χ3v) is 11.0. The van der Waals surface area contributed by atoms with Crippen LogP contribution in [0.25, 0.3) is 0 Å². The highest BCUT2D eigenvalue weighted by Gasteiger charge is 2.52. The van der Waals surface area contributed by atoms with Crippen LogP contribution in [0, 0.1) is 23.7 Å². The van der Waals surface area contributed by atoms with E-state index < -0.39 is 108 Å². The number of aliphatic hydroxyl groups is 6. The zero-order valence-corrected chi connectivity index (χ0v) is 31.1. The van der Waals surface area contributed by atoms with Crippen LogP contribution in [0.2, 0.25) is 0 Å². The summed E-state index contributed by atoms with van der Waals surface area (Å²) in [6.07, 6.45) is -11.6. The van der Waals surface area contributed by atoms with Gasteiger partial charge in [0.1, 0.15) is 29.7 Å². The molecule has 18 atom stereocenters. The first-order chi connectivity index (χ1) is 22.5. The fraction of sp³-hybridized carbons (Fsp3) is 0.943. The summed E-state index contributed by atoms with van der Waals surface area (Å²) >= 11 is 0. The highest BCUT2D eigenvalue weighted by Crippen LogP contribution is 2.39. The van der Waals surface area contributed by atoms with Gasteiger partial charge in [0, 0.05) is 30.2 Å². The van der Waals surface area contributed by atoms with Gasteiger partial charge < -0.3 is 59.2 Å². The third-order valence-electron chi connectivity index (χ3n) is 11.0. The molecule has 3 rings (SSSR count). The summed E-state index contributed by atoms with van der Waals surface area (Å²) in [6.45, 7) is 14.3. The number of rotatable bonds is 6. The molecule has 3 fully saturated rings. The minimum absolute atomic E-state index is 0.118. The predicted octanol–water partition coefficient (Wildman–Crippen LogP) is 0.741. The van der Waals surface area contributed by atoms with E-state index in [1.165, 1.54) is 20.8 Å². The molecule has 3 saturated heterocycles. The molecule has 0 aliphatic carbocycles. The maximum Gasteiger partial charge on any atom is 0.311 e. The van der Waals surface area contributed by atoms with E-state index in [1.54, 1.807) is 34.6 Å². The van der Waals surface area contributed by atoms with Crippen LogP contribution in [0.3, 0.4) is 0 Å². The minimum atomic E-state index is -2.00. The second kappa shape index (κ2) is 16.6. The number of ketones is 1. The number of likely N-dealkylation sites (N-methyl/N-ethyl adjacent to an activating group) is 1. The monoisotopic (exact) mass is 705 g/mol. The third kappa shape index (κ3) is 9.39. The Morgan fingerprint density at radius 1 is 0.878 bits per heavy atom. The summed E-state index contributed by atoms with van der Waals surface area (Å²) in [5, 5.41) is 67.3. The molecule has 0 aromatic carbocycles.